The van der Waals surface area contributed by atoms with E-state index in [9.17, 15) is 5.26 Å². The van der Waals surface area contributed by atoms with Gasteiger partial charge in [-0.1, -0.05) is 178 Å². The lowest BCUT2D eigenvalue weighted by Gasteiger charge is -2.37. The van der Waals surface area contributed by atoms with E-state index in [4.69, 9.17) is 9.72 Å². The van der Waals surface area contributed by atoms with Crippen LogP contribution in [-0.2, 0) is 16.2 Å². The van der Waals surface area contributed by atoms with Crippen molar-refractivity contribution in [3.63, 3.8) is 0 Å². The Morgan fingerprint density at radius 2 is 1.08 bits per heavy atom. The van der Waals surface area contributed by atoms with Crippen molar-refractivity contribution < 1.29 is 4.74 Å². The molecule has 0 amide bonds. The summed E-state index contributed by atoms with van der Waals surface area (Å²) in [6.07, 6.45) is 1.89. The third-order valence-corrected chi connectivity index (χ3v) is 19.7. The zero-order chi connectivity index (χ0) is 51.6. The lowest BCUT2D eigenvalue weighted by atomic mass is 9.80. The largest absolute Gasteiger partial charge is 0.457 e. The molecule has 3 heterocycles. The normalized spacial score (nSPS) is 13.1. The average molecular weight is 982 g/mol. The second-order valence-corrected chi connectivity index (χ2v) is 26.7. The molecule has 0 atom stereocenters. The van der Waals surface area contributed by atoms with E-state index < -0.39 is 8.07 Å². The molecule has 6 nitrogen and oxygen atoms in total. The maximum absolute atomic E-state index is 9.93. The fourth-order valence-electron chi connectivity index (χ4n) is 11.0. The molecule has 0 saturated carbocycles. The maximum atomic E-state index is 9.93. The smallest absolute Gasteiger partial charge is 0.181 e. The molecule has 7 heteroatoms. The molecule has 0 aliphatic carbocycles. The highest BCUT2D eigenvalue weighted by atomic mass is 28.3. The van der Waals surface area contributed by atoms with Crippen LogP contribution < -0.4 is 35.3 Å². The van der Waals surface area contributed by atoms with Crippen molar-refractivity contribution in [2.24, 2.45) is 0 Å². The topological polar surface area (TPSA) is 57.3 Å². The van der Waals surface area contributed by atoms with Crippen LogP contribution in [0.4, 0.5) is 22.7 Å². The molecule has 366 valence electrons. The minimum Gasteiger partial charge on any atom is -0.457 e. The predicted octanol–water partition coefficient (Wildman–Crippen LogP) is 14.4. The summed E-state index contributed by atoms with van der Waals surface area (Å²) in [5, 5.41) is 17.3. The number of ether oxygens (including phenoxy) is 1. The van der Waals surface area contributed by atoms with E-state index in [2.05, 4.69) is 253 Å². The Hall–Kier alpha value is -8.18. The van der Waals surface area contributed by atoms with Gasteiger partial charge in [-0.05, 0) is 126 Å². The van der Waals surface area contributed by atoms with Gasteiger partial charge in [-0.2, -0.15) is 5.26 Å². The van der Waals surface area contributed by atoms with Gasteiger partial charge in [-0.25, -0.2) is 4.98 Å². The van der Waals surface area contributed by atoms with Crippen molar-refractivity contribution in [3.8, 4) is 23.4 Å². The van der Waals surface area contributed by atoms with E-state index in [-0.39, 0.29) is 16.2 Å². The molecule has 0 bridgehead atoms. The molecular formula is C67H63N5OSi. The van der Waals surface area contributed by atoms with E-state index in [0.717, 1.165) is 44.7 Å². The Bertz CT molecular complexity index is 3630. The van der Waals surface area contributed by atoms with Crippen LogP contribution in [0.5, 0.6) is 11.5 Å². The van der Waals surface area contributed by atoms with Gasteiger partial charge in [0.2, 0.25) is 0 Å². The van der Waals surface area contributed by atoms with Gasteiger partial charge in [0.15, 0.2) is 8.07 Å². The zero-order valence-corrected chi connectivity index (χ0v) is 45.0. The Balaban J connectivity index is 1.09. The molecule has 8 aromatic carbocycles. The highest BCUT2D eigenvalue weighted by molar-refractivity contribution is 7.20. The Kier molecular flexibility index (Phi) is 12.0. The van der Waals surface area contributed by atoms with Crippen molar-refractivity contribution in [2.75, 3.05) is 16.5 Å². The van der Waals surface area contributed by atoms with E-state index in [1.165, 1.54) is 48.8 Å². The van der Waals surface area contributed by atoms with Gasteiger partial charge >= 0.3 is 0 Å². The number of aromatic nitrogens is 2. The number of hydrogen-bond donors (Lipinski definition) is 0. The molecule has 0 N–H and O–H groups in total. The van der Waals surface area contributed by atoms with Gasteiger partial charge in [-0.3, -0.25) is 4.57 Å². The first-order chi connectivity index (χ1) is 35.5. The van der Waals surface area contributed by atoms with Crippen molar-refractivity contribution in [3.05, 3.63) is 229 Å². The Morgan fingerprint density at radius 3 is 1.68 bits per heavy atom. The number of para-hydroxylation sites is 1. The van der Waals surface area contributed by atoms with Crippen LogP contribution >= 0.6 is 0 Å². The van der Waals surface area contributed by atoms with E-state index >= 15 is 0 Å². The van der Waals surface area contributed by atoms with Gasteiger partial charge in [-0.15, -0.1) is 0 Å². The average Bonchev–Trinajstić information content (AvgIpc) is 3.97. The zero-order valence-electron chi connectivity index (χ0n) is 44.0. The summed E-state index contributed by atoms with van der Waals surface area (Å²) in [7, 11) is -3.02. The molecule has 1 aliphatic heterocycles. The van der Waals surface area contributed by atoms with Crippen molar-refractivity contribution in [1.29, 1.82) is 5.26 Å². The number of anilines is 4. The first kappa shape index (κ1) is 48.1. The number of pyridine rings is 1. The molecule has 74 heavy (non-hydrogen) atoms. The van der Waals surface area contributed by atoms with Crippen LogP contribution in [0.3, 0.4) is 0 Å². The van der Waals surface area contributed by atoms with Crippen molar-refractivity contribution in [1.82, 2.24) is 9.55 Å². The van der Waals surface area contributed by atoms with Gasteiger partial charge in [0.25, 0.3) is 0 Å². The summed E-state index contributed by atoms with van der Waals surface area (Å²) in [5.41, 5.74) is 10.7. The highest BCUT2D eigenvalue weighted by Crippen LogP contribution is 2.47. The summed E-state index contributed by atoms with van der Waals surface area (Å²) in [6, 6.07) is 75.2. The van der Waals surface area contributed by atoms with E-state index in [1.807, 2.05) is 36.5 Å². The van der Waals surface area contributed by atoms with Crippen molar-refractivity contribution in [2.45, 2.75) is 78.6 Å². The van der Waals surface area contributed by atoms with Crippen molar-refractivity contribution >= 4 is 73.4 Å². The standard InChI is InChI=1S/C67H63N5OSi/c1-65(2,3)47-35-36-69-63(41-47)72-59-34-31-46(44-68)37-58(59)57-33-32-53(43-61(57)72)73-52-22-19-21-50(42-52)70-45-71(51-39-48(66(4,5)6)38-49(40-51)67(7,8)9)64-60(70)29-20-30-62(64)74(54-23-13-10-14-24-54,55-25-15-11-16-26-55)56-27-17-12-18-28-56/h10-43H,45H2,1-9H3. The quantitative estimate of drug-likeness (QED) is 0.107. The van der Waals surface area contributed by atoms with Crippen LogP contribution in [0.1, 0.15) is 84.6 Å². The fourth-order valence-corrected chi connectivity index (χ4v) is 15.9. The van der Waals surface area contributed by atoms with E-state index in [0.29, 0.717) is 18.0 Å². The van der Waals surface area contributed by atoms with Crippen LogP contribution in [0.2, 0.25) is 0 Å². The van der Waals surface area contributed by atoms with Crippen LogP contribution in [0, 0.1) is 11.3 Å². The monoisotopic (exact) mass is 981 g/mol. The highest BCUT2D eigenvalue weighted by Gasteiger charge is 2.46. The first-order valence-corrected chi connectivity index (χ1v) is 27.8. The minimum atomic E-state index is -3.02. The minimum absolute atomic E-state index is 0.0687. The van der Waals surface area contributed by atoms with Crippen LogP contribution in [0.25, 0.3) is 27.6 Å². The van der Waals surface area contributed by atoms with Crippen LogP contribution in [0.15, 0.2) is 206 Å². The van der Waals surface area contributed by atoms with Gasteiger partial charge in [0.05, 0.1) is 34.0 Å². The molecule has 0 fully saturated rings. The molecule has 0 spiro atoms. The summed E-state index contributed by atoms with van der Waals surface area (Å²) in [6.45, 7) is 21.2. The lowest BCUT2D eigenvalue weighted by molar-refractivity contribution is 0.483. The van der Waals surface area contributed by atoms with Gasteiger partial charge in [0.1, 0.15) is 24.0 Å². The fraction of sp³-hybridized carbons (Fsp3) is 0.194. The Labute approximate surface area is 437 Å². The number of rotatable bonds is 9. The first-order valence-electron chi connectivity index (χ1n) is 25.8. The number of benzene rings is 8. The molecule has 0 saturated heterocycles. The second kappa shape index (κ2) is 18.4. The molecule has 10 aromatic rings. The number of nitriles is 1. The molecule has 0 radical (unpaired) electrons. The molecule has 0 unspecified atom stereocenters. The third kappa shape index (κ3) is 8.53. The Morgan fingerprint density at radius 1 is 0.486 bits per heavy atom. The molecular weight excluding hydrogens is 919 g/mol. The summed E-state index contributed by atoms with van der Waals surface area (Å²) < 4.78 is 9.13. The van der Waals surface area contributed by atoms with Gasteiger partial charge < -0.3 is 14.5 Å². The lowest BCUT2D eigenvalue weighted by Crippen LogP contribution is -2.75. The number of hydrogen-bond acceptors (Lipinski definition) is 5. The summed E-state index contributed by atoms with van der Waals surface area (Å²) in [5.74, 6) is 2.25. The summed E-state index contributed by atoms with van der Waals surface area (Å²) >= 11 is 0. The predicted molar refractivity (Wildman–Crippen MR) is 312 cm³/mol. The maximum Gasteiger partial charge on any atom is 0.181 e. The number of nitrogens with zero attached hydrogens (tertiary/aromatic N) is 5. The summed E-state index contributed by atoms with van der Waals surface area (Å²) in [4.78, 5) is 9.97. The van der Waals surface area contributed by atoms with Crippen LogP contribution in [-0.4, -0.2) is 24.3 Å². The third-order valence-electron chi connectivity index (χ3n) is 14.9. The SMILES string of the molecule is CC(C)(C)c1cc(N2CN(c3cccc(Oc4ccc5c6cc(C#N)ccc6n(-c6cc(C(C)(C)C)ccn6)c5c4)c3)c3cccc([Si](c4ccccc4)(c4ccccc4)c4ccccc4)c32)cc(C(C)(C)C)c1. The molecule has 2 aromatic heterocycles. The van der Waals surface area contributed by atoms with E-state index in [1.54, 1.807) is 0 Å². The molecule has 1 aliphatic rings. The van der Waals surface area contributed by atoms with Gasteiger partial charge in [0, 0.05) is 40.5 Å². The number of fused-ring (bicyclic) bond motifs is 4. The second-order valence-electron chi connectivity index (χ2n) is 22.9. The molecule has 11 rings (SSSR count).